The molecule has 0 unspecified atom stereocenters. The van der Waals surface area contributed by atoms with E-state index in [1.54, 1.807) is 12.1 Å². The number of rotatable bonds is 7. The molecule has 0 aliphatic rings. The summed E-state index contributed by atoms with van der Waals surface area (Å²) in [6, 6.07) is 24.8. The Morgan fingerprint density at radius 2 is 1.44 bits per heavy atom. The van der Waals surface area contributed by atoms with Gasteiger partial charge in [-0.15, -0.1) is 0 Å². The molecule has 0 bridgehead atoms. The van der Waals surface area contributed by atoms with E-state index in [9.17, 15) is 8.42 Å². The molecule has 3 rings (SSSR count). The minimum absolute atomic E-state index is 0.0493. The molecule has 3 aromatic carbocycles. The quantitative estimate of drug-likeness (QED) is 0.455. The van der Waals surface area contributed by atoms with Gasteiger partial charge in [0, 0.05) is 5.56 Å². The fraction of sp³-hybridized carbons (Fsp3) is 0.0952. The summed E-state index contributed by atoms with van der Waals surface area (Å²) in [6.07, 6.45) is 0. The van der Waals surface area contributed by atoms with Crippen molar-refractivity contribution >= 4 is 15.8 Å². The lowest BCUT2D eigenvalue weighted by molar-refractivity contribution is 0.326. The third kappa shape index (κ3) is 5.18. The zero-order valence-corrected chi connectivity index (χ0v) is 15.6. The topological polar surface area (TPSA) is 65.0 Å². The highest BCUT2D eigenvalue weighted by atomic mass is 32.2. The first-order valence-electron chi connectivity index (χ1n) is 8.35. The van der Waals surface area contributed by atoms with E-state index in [1.807, 2.05) is 67.6 Å². The van der Waals surface area contributed by atoms with Gasteiger partial charge < -0.3 is 4.74 Å². The summed E-state index contributed by atoms with van der Waals surface area (Å²) in [6.45, 7) is 1.95. The molecule has 138 valence electrons. The van der Waals surface area contributed by atoms with Crippen LogP contribution in [-0.4, -0.2) is 20.7 Å². The van der Waals surface area contributed by atoms with Crippen LogP contribution in [-0.2, 0) is 14.4 Å². The largest absolute Gasteiger partial charge is 0.487 e. The average Bonchev–Trinajstić information content (AvgIpc) is 2.70. The second-order valence-corrected chi connectivity index (χ2v) is 7.38. The second-order valence-electron chi connectivity index (χ2n) is 5.85. The molecule has 27 heavy (non-hydrogen) atoms. The van der Waals surface area contributed by atoms with Gasteiger partial charge in [-0.1, -0.05) is 71.4 Å². The van der Waals surface area contributed by atoms with Crippen LogP contribution < -0.4 is 4.74 Å². The Balaban J connectivity index is 1.82. The van der Waals surface area contributed by atoms with Gasteiger partial charge in [-0.25, -0.2) is 0 Å². The predicted molar refractivity (Wildman–Crippen MR) is 104 cm³/mol. The molecule has 0 aliphatic heterocycles. The van der Waals surface area contributed by atoms with Gasteiger partial charge in [-0.05, 0) is 31.2 Å². The molecule has 0 N–H and O–H groups in total. The van der Waals surface area contributed by atoms with Gasteiger partial charge in [0.15, 0.2) is 0 Å². The van der Waals surface area contributed by atoms with Gasteiger partial charge in [-0.2, -0.15) is 8.42 Å². The number of benzene rings is 3. The Kier molecular flexibility index (Phi) is 5.88. The van der Waals surface area contributed by atoms with E-state index in [4.69, 9.17) is 9.02 Å². The SMILES string of the molecule is Cc1ccc(S(=O)(=O)ON=C(COc2ccccc2)c2ccccc2)cc1. The Labute approximate surface area is 159 Å². The van der Waals surface area contributed by atoms with Gasteiger partial charge in [0.05, 0.1) is 0 Å². The fourth-order valence-electron chi connectivity index (χ4n) is 2.30. The maximum Gasteiger partial charge on any atom is 0.358 e. The van der Waals surface area contributed by atoms with Crippen molar-refractivity contribution in [2.75, 3.05) is 6.61 Å². The summed E-state index contributed by atoms with van der Waals surface area (Å²) in [5.41, 5.74) is 2.04. The van der Waals surface area contributed by atoms with Crippen LogP contribution in [0.2, 0.25) is 0 Å². The Hall–Kier alpha value is -3.12. The summed E-state index contributed by atoms with van der Waals surface area (Å²) in [4.78, 5) is 0.0493. The molecule has 0 heterocycles. The second kappa shape index (κ2) is 8.51. The van der Waals surface area contributed by atoms with Crippen molar-refractivity contribution in [1.82, 2.24) is 0 Å². The van der Waals surface area contributed by atoms with Crippen molar-refractivity contribution in [3.05, 3.63) is 96.1 Å². The van der Waals surface area contributed by atoms with Gasteiger partial charge >= 0.3 is 10.1 Å². The Morgan fingerprint density at radius 3 is 2.07 bits per heavy atom. The van der Waals surface area contributed by atoms with Crippen LogP contribution in [0.5, 0.6) is 5.75 Å². The van der Waals surface area contributed by atoms with Crippen LogP contribution >= 0.6 is 0 Å². The number of hydrogen-bond donors (Lipinski definition) is 0. The Morgan fingerprint density at radius 1 is 0.852 bits per heavy atom. The normalized spacial score (nSPS) is 11.8. The number of hydrogen-bond acceptors (Lipinski definition) is 5. The molecule has 3 aromatic rings. The summed E-state index contributed by atoms with van der Waals surface area (Å²) in [5.74, 6) is 0.655. The van der Waals surface area contributed by atoms with E-state index >= 15 is 0 Å². The van der Waals surface area contributed by atoms with Crippen molar-refractivity contribution in [3.63, 3.8) is 0 Å². The zero-order chi connectivity index (χ0) is 19.1. The standard InChI is InChI=1S/C21H19NO4S/c1-17-12-14-20(15-13-17)27(23,24)26-22-21(18-8-4-2-5-9-18)16-25-19-10-6-3-7-11-19/h2-15H,16H2,1H3. The maximum absolute atomic E-state index is 12.4. The van der Waals surface area contributed by atoms with E-state index in [1.165, 1.54) is 12.1 Å². The first-order chi connectivity index (χ1) is 13.0. The molecule has 0 fully saturated rings. The lowest BCUT2D eigenvalue weighted by Crippen LogP contribution is -2.15. The summed E-state index contributed by atoms with van der Waals surface area (Å²) >= 11 is 0. The number of aryl methyl sites for hydroxylation is 1. The first-order valence-corrected chi connectivity index (χ1v) is 9.76. The smallest absolute Gasteiger partial charge is 0.358 e. The molecule has 0 atom stereocenters. The summed E-state index contributed by atoms with van der Waals surface area (Å²) in [5, 5.41) is 3.88. The lowest BCUT2D eigenvalue weighted by atomic mass is 10.1. The van der Waals surface area contributed by atoms with Gasteiger partial charge in [0.1, 0.15) is 23.0 Å². The lowest BCUT2D eigenvalue weighted by Gasteiger charge is -2.09. The highest BCUT2D eigenvalue weighted by Gasteiger charge is 2.16. The summed E-state index contributed by atoms with van der Waals surface area (Å²) in [7, 11) is -4.01. The summed E-state index contributed by atoms with van der Waals surface area (Å²) < 4.78 is 35.4. The monoisotopic (exact) mass is 381 g/mol. The fourth-order valence-corrected chi connectivity index (χ4v) is 3.05. The van der Waals surface area contributed by atoms with Crippen molar-refractivity contribution in [2.24, 2.45) is 5.16 Å². The minimum atomic E-state index is -4.01. The maximum atomic E-state index is 12.4. The highest BCUT2D eigenvalue weighted by Crippen LogP contribution is 2.15. The third-order valence-electron chi connectivity index (χ3n) is 3.78. The van der Waals surface area contributed by atoms with Gasteiger partial charge in [0.2, 0.25) is 0 Å². The molecule has 0 radical (unpaired) electrons. The average molecular weight is 381 g/mol. The first kappa shape index (κ1) is 18.7. The zero-order valence-electron chi connectivity index (χ0n) is 14.8. The Bertz CT molecular complexity index is 999. The van der Waals surface area contributed by atoms with Crippen LogP contribution in [0.1, 0.15) is 11.1 Å². The molecule has 0 spiro atoms. The van der Waals surface area contributed by atoms with E-state index in [-0.39, 0.29) is 11.5 Å². The molecular weight excluding hydrogens is 362 g/mol. The van der Waals surface area contributed by atoms with Crippen molar-refractivity contribution < 1.29 is 17.4 Å². The van der Waals surface area contributed by atoms with Gasteiger partial charge in [-0.3, -0.25) is 4.28 Å². The van der Waals surface area contributed by atoms with Crippen LogP contribution in [0.4, 0.5) is 0 Å². The molecule has 0 aliphatic carbocycles. The molecule has 0 saturated heterocycles. The van der Waals surface area contributed by atoms with Crippen molar-refractivity contribution in [2.45, 2.75) is 11.8 Å². The minimum Gasteiger partial charge on any atom is -0.487 e. The van der Waals surface area contributed by atoms with Crippen molar-refractivity contribution in [1.29, 1.82) is 0 Å². The van der Waals surface area contributed by atoms with Crippen molar-refractivity contribution in [3.8, 4) is 5.75 Å². The third-order valence-corrected chi connectivity index (χ3v) is 4.90. The molecule has 6 heteroatoms. The number of para-hydroxylation sites is 1. The molecular formula is C21H19NO4S. The molecule has 0 aromatic heterocycles. The van der Waals surface area contributed by atoms with Crippen LogP contribution in [0.15, 0.2) is 95.0 Å². The van der Waals surface area contributed by atoms with E-state index < -0.39 is 10.1 Å². The predicted octanol–water partition coefficient (Wildman–Crippen LogP) is 4.18. The van der Waals surface area contributed by atoms with Crippen LogP contribution in [0.3, 0.4) is 0 Å². The van der Waals surface area contributed by atoms with Crippen LogP contribution in [0, 0.1) is 6.92 Å². The van der Waals surface area contributed by atoms with Gasteiger partial charge in [0.25, 0.3) is 0 Å². The number of oxime groups is 1. The molecule has 0 saturated carbocycles. The van der Waals surface area contributed by atoms with E-state index in [0.717, 1.165) is 5.56 Å². The van der Waals surface area contributed by atoms with Crippen LogP contribution in [0.25, 0.3) is 0 Å². The molecule has 0 amide bonds. The van der Waals surface area contributed by atoms with E-state index in [0.29, 0.717) is 17.0 Å². The van der Waals surface area contributed by atoms with E-state index in [2.05, 4.69) is 5.16 Å². The number of ether oxygens (including phenoxy) is 1. The number of nitrogens with zero attached hydrogens (tertiary/aromatic N) is 1. The highest BCUT2D eigenvalue weighted by molar-refractivity contribution is 7.86. The molecule has 5 nitrogen and oxygen atoms in total.